The van der Waals surface area contributed by atoms with Crippen LogP contribution >= 0.6 is 0 Å². The van der Waals surface area contributed by atoms with E-state index in [0.717, 1.165) is 31.3 Å². The van der Waals surface area contributed by atoms with E-state index < -0.39 is 0 Å². The maximum absolute atomic E-state index is 5.58. The Morgan fingerprint density at radius 3 is 2.11 bits per heavy atom. The van der Waals surface area contributed by atoms with Crippen molar-refractivity contribution in [2.75, 3.05) is 19.6 Å². The molecule has 1 saturated heterocycles. The predicted molar refractivity (Wildman–Crippen MR) is 79.8 cm³/mol. The van der Waals surface area contributed by atoms with E-state index in [-0.39, 0.29) is 0 Å². The molecular weight excluding hydrogens is 232 g/mol. The number of nitrogens with zero attached hydrogens (tertiary/aromatic N) is 1. The van der Waals surface area contributed by atoms with Gasteiger partial charge in [-0.15, -0.1) is 0 Å². The summed E-state index contributed by atoms with van der Waals surface area (Å²) in [4.78, 5) is 2.63. The second-order valence-electron chi connectivity index (χ2n) is 6.01. The molecule has 0 spiro atoms. The third kappa shape index (κ3) is 3.07. The summed E-state index contributed by atoms with van der Waals surface area (Å²) < 4.78 is 0. The lowest BCUT2D eigenvalue weighted by atomic mass is 9.86. The van der Waals surface area contributed by atoms with Gasteiger partial charge in [-0.25, -0.2) is 0 Å². The van der Waals surface area contributed by atoms with Gasteiger partial charge < -0.3 is 5.73 Å². The molecule has 1 aliphatic heterocycles. The number of allylic oxidation sites excluding steroid dienone is 2. The molecule has 1 heterocycles. The van der Waals surface area contributed by atoms with Crippen LogP contribution in [-0.4, -0.2) is 24.5 Å². The maximum atomic E-state index is 5.58. The SMILES string of the molecule is NCCc1ccc(CN2C[C@H]3CC=CC[C@H]3C2)cc1. The molecule has 0 bridgehead atoms. The Balaban J connectivity index is 1.57. The molecule has 2 heteroatoms. The number of fused-ring (bicyclic) bond motifs is 1. The highest BCUT2D eigenvalue weighted by Gasteiger charge is 2.32. The van der Waals surface area contributed by atoms with Crippen LogP contribution in [0.4, 0.5) is 0 Å². The van der Waals surface area contributed by atoms with Crippen molar-refractivity contribution in [2.45, 2.75) is 25.8 Å². The van der Waals surface area contributed by atoms with Crippen molar-refractivity contribution in [2.24, 2.45) is 17.6 Å². The number of hydrogen-bond donors (Lipinski definition) is 1. The van der Waals surface area contributed by atoms with Crippen LogP contribution in [-0.2, 0) is 13.0 Å². The maximum Gasteiger partial charge on any atom is 0.0233 e. The fourth-order valence-corrected chi connectivity index (χ4v) is 3.48. The summed E-state index contributed by atoms with van der Waals surface area (Å²) in [5.74, 6) is 1.81. The van der Waals surface area contributed by atoms with Gasteiger partial charge in [-0.3, -0.25) is 4.90 Å². The van der Waals surface area contributed by atoms with Crippen molar-refractivity contribution in [3.63, 3.8) is 0 Å². The molecule has 1 aromatic rings. The normalized spacial score (nSPS) is 26.6. The topological polar surface area (TPSA) is 29.3 Å². The van der Waals surface area contributed by atoms with E-state index in [4.69, 9.17) is 5.73 Å². The molecule has 0 saturated carbocycles. The Hall–Kier alpha value is -1.12. The van der Waals surface area contributed by atoms with Crippen LogP contribution in [0.15, 0.2) is 36.4 Å². The van der Waals surface area contributed by atoms with E-state index in [2.05, 4.69) is 41.3 Å². The first-order valence-electron chi connectivity index (χ1n) is 7.50. The molecule has 102 valence electrons. The van der Waals surface area contributed by atoms with E-state index in [1.807, 2.05) is 0 Å². The van der Waals surface area contributed by atoms with Gasteiger partial charge in [0, 0.05) is 19.6 Å². The molecule has 2 aliphatic rings. The van der Waals surface area contributed by atoms with Crippen LogP contribution in [0.1, 0.15) is 24.0 Å². The van der Waals surface area contributed by atoms with Crippen molar-refractivity contribution in [3.05, 3.63) is 47.5 Å². The average Bonchev–Trinajstić information content (AvgIpc) is 2.83. The van der Waals surface area contributed by atoms with Crippen LogP contribution < -0.4 is 5.73 Å². The Bertz CT molecular complexity index is 419. The van der Waals surface area contributed by atoms with E-state index in [0.29, 0.717) is 0 Å². The quantitative estimate of drug-likeness (QED) is 0.839. The molecule has 0 amide bonds. The Kier molecular flexibility index (Phi) is 4.00. The monoisotopic (exact) mass is 256 g/mol. The first-order chi connectivity index (χ1) is 9.35. The van der Waals surface area contributed by atoms with E-state index >= 15 is 0 Å². The van der Waals surface area contributed by atoms with Gasteiger partial charge in [-0.2, -0.15) is 0 Å². The minimum atomic E-state index is 0.738. The predicted octanol–water partition coefficient (Wildman–Crippen LogP) is 2.59. The second kappa shape index (κ2) is 5.89. The Morgan fingerprint density at radius 1 is 0.947 bits per heavy atom. The number of likely N-dealkylation sites (tertiary alicyclic amines) is 1. The van der Waals surface area contributed by atoms with Crippen LogP contribution in [0.2, 0.25) is 0 Å². The molecule has 1 aliphatic carbocycles. The molecule has 0 unspecified atom stereocenters. The average molecular weight is 256 g/mol. The first kappa shape index (κ1) is 12.9. The summed E-state index contributed by atoms with van der Waals surface area (Å²) in [6, 6.07) is 9.00. The highest BCUT2D eigenvalue weighted by atomic mass is 15.2. The number of nitrogens with two attached hydrogens (primary N) is 1. The minimum absolute atomic E-state index is 0.738. The van der Waals surface area contributed by atoms with E-state index in [1.165, 1.54) is 37.1 Å². The lowest BCUT2D eigenvalue weighted by Crippen LogP contribution is -2.20. The molecular formula is C17H24N2. The molecule has 0 radical (unpaired) electrons. The van der Waals surface area contributed by atoms with Crippen LogP contribution in [0, 0.1) is 11.8 Å². The molecule has 2 nitrogen and oxygen atoms in total. The third-order valence-corrected chi connectivity index (χ3v) is 4.56. The lowest BCUT2D eigenvalue weighted by molar-refractivity contribution is 0.314. The smallest absolute Gasteiger partial charge is 0.0233 e. The third-order valence-electron chi connectivity index (χ3n) is 4.56. The van der Waals surface area contributed by atoms with Gasteiger partial charge in [0.25, 0.3) is 0 Å². The summed E-state index contributed by atoms with van der Waals surface area (Å²) in [7, 11) is 0. The van der Waals surface area contributed by atoms with Crippen molar-refractivity contribution >= 4 is 0 Å². The molecule has 1 aromatic carbocycles. The van der Waals surface area contributed by atoms with Crippen molar-refractivity contribution < 1.29 is 0 Å². The van der Waals surface area contributed by atoms with E-state index in [1.54, 1.807) is 0 Å². The van der Waals surface area contributed by atoms with Gasteiger partial charge in [0.1, 0.15) is 0 Å². The summed E-state index contributed by atoms with van der Waals surface area (Å²) in [6.07, 6.45) is 8.30. The highest BCUT2D eigenvalue weighted by Crippen LogP contribution is 2.33. The van der Waals surface area contributed by atoms with Gasteiger partial charge >= 0.3 is 0 Å². The Labute approximate surface area is 116 Å². The fourth-order valence-electron chi connectivity index (χ4n) is 3.48. The second-order valence-corrected chi connectivity index (χ2v) is 6.01. The van der Waals surface area contributed by atoms with Gasteiger partial charge in [0.05, 0.1) is 0 Å². The number of benzene rings is 1. The zero-order chi connectivity index (χ0) is 13.1. The first-order valence-corrected chi connectivity index (χ1v) is 7.50. The van der Waals surface area contributed by atoms with Gasteiger partial charge in [0.2, 0.25) is 0 Å². The molecule has 0 aromatic heterocycles. The van der Waals surface area contributed by atoms with E-state index in [9.17, 15) is 0 Å². The lowest BCUT2D eigenvalue weighted by Gasteiger charge is -2.18. The summed E-state index contributed by atoms with van der Waals surface area (Å²) >= 11 is 0. The van der Waals surface area contributed by atoms with Gasteiger partial charge in [0.15, 0.2) is 0 Å². The van der Waals surface area contributed by atoms with Crippen molar-refractivity contribution in [3.8, 4) is 0 Å². The summed E-state index contributed by atoms with van der Waals surface area (Å²) in [5, 5.41) is 0. The molecule has 3 rings (SSSR count). The molecule has 2 N–H and O–H groups in total. The summed E-state index contributed by atoms with van der Waals surface area (Å²) in [5.41, 5.74) is 8.37. The molecule has 19 heavy (non-hydrogen) atoms. The fraction of sp³-hybridized carbons (Fsp3) is 0.529. The molecule has 1 fully saturated rings. The van der Waals surface area contributed by atoms with Crippen LogP contribution in [0.3, 0.4) is 0 Å². The van der Waals surface area contributed by atoms with Crippen LogP contribution in [0.5, 0.6) is 0 Å². The Morgan fingerprint density at radius 2 is 1.53 bits per heavy atom. The minimum Gasteiger partial charge on any atom is -0.330 e. The summed E-state index contributed by atoms with van der Waals surface area (Å²) in [6.45, 7) is 4.40. The molecule has 2 atom stereocenters. The van der Waals surface area contributed by atoms with Gasteiger partial charge in [-0.05, 0) is 48.8 Å². The van der Waals surface area contributed by atoms with Crippen molar-refractivity contribution in [1.82, 2.24) is 4.90 Å². The number of rotatable bonds is 4. The largest absolute Gasteiger partial charge is 0.330 e. The highest BCUT2D eigenvalue weighted by molar-refractivity contribution is 5.23. The zero-order valence-corrected chi connectivity index (χ0v) is 11.6. The van der Waals surface area contributed by atoms with Gasteiger partial charge in [-0.1, -0.05) is 36.4 Å². The van der Waals surface area contributed by atoms with Crippen LogP contribution in [0.25, 0.3) is 0 Å². The number of hydrogen-bond acceptors (Lipinski definition) is 2. The van der Waals surface area contributed by atoms with Crippen molar-refractivity contribution in [1.29, 1.82) is 0 Å². The standard InChI is InChI=1S/C17H24N2/c18-10-9-14-5-7-15(8-6-14)11-19-12-16-3-1-2-4-17(16)13-19/h1-2,5-8,16-17H,3-4,9-13,18H2/t16-,17+. The zero-order valence-electron chi connectivity index (χ0n) is 11.6.